The SMILES string of the molecule is COc1cccc(/C=C2\NC(=O)N(c3ccc(Cl)cc3)C2=O)c1O. The van der Waals surface area contributed by atoms with Gasteiger partial charge < -0.3 is 15.2 Å². The second-order valence-electron chi connectivity index (χ2n) is 5.00. The number of methoxy groups -OCH3 is 1. The van der Waals surface area contributed by atoms with Gasteiger partial charge in [0.25, 0.3) is 5.91 Å². The molecule has 1 fully saturated rings. The van der Waals surface area contributed by atoms with Crippen LogP contribution in [-0.4, -0.2) is 24.2 Å². The van der Waals surface area contributed by atoms with E-state index in [1.807, 2.05) is 0 Å². The average Bonchev–Trinajstić information content (AvgIpc) is 2.84. The van der Waals surface area contributed by atoms with Crippen molar-refractivity contribution < 1.29 is 19.4 Å². The smallest absolute Gasteiger partial charge is 0.333 e. The minimum absolute atomic E-state index is 0.0542. The number of imide groups is 1. The summed E-state index contributed by atoms with van der Waals surface area (Å²) in [5.74, 6) is -0.361. The lowest BCUT2D eigenvalue weighted by Crippen LogP contribution is -2.30. The van der Waals surface area contributed by atoms with E-state index in [1.54, 1.807) is 42.5 Å². The first kappa shape index (κ1) is 15.9. The fourth-order valence-corrected chi connectivity index (χ4v) is 2.46. The van der Waals surface area contributed by atoms with Crippen molar-refractivity contribution in [2.75, 3.05) is 12.0 Å². The van der Waals surface area contributed by atoms with Crippen LogP contribution in [0.5, 0.6) is 11.5 Å². The molecule has 2 N–H and O–H groups in total. The predicted octanol–water partition coefficient (Wildman–Crippen LogP) is 3.15. The van der Waals surface area contributed by atoms with Crippen LogP contribution >= 0.6 is 11.6 Å². The molecule has 1 heterocycles. The zero-order valence-corrected chi connectivity index (χ0v) is 13.4. The molecule has 0 radical (unpaired) electrons. The first-order chi connectivity index (χ1) is 11.5. The number of phenolic OH excluding ortho intramolecular Hbond substituents is 1. The van der Waals surface area contributed by atoms with E-state index in [0.29, 0.717) is 16.3 Å². The van der Waals surface area contributed by atoms with E-state index in [1.165, 1.54) is 13.2 Å². The lowest BCUT2D eigenvalue weighted by molar-refractivity contribution is -0.113. The summed E-state index contributed by atoms with van der Waals surface area (Å²) < 4.78 is 5.03. The summed E-state index contributed by atoms with van der Waals surface area (Å²) in [6.07, 6.45) is 1.40. The zero-order valence-electron chi connectivity index (χ0n) is 12.6. The molecule has 2 aromatic carbocycles. The van der Waals surface area contributed by atoms with Crippen molar-refractivity contribution in [2.24, 2.45) is 0 Å². The molecule has 0 spiro atoms. The number of urea groups is 1. The molecule has 3 amide bonds. The van der Waals surface area contributed by atoms with E-state index in [2.05, 4.69) is 5.32 Å². The second-order valence-corrected chi connectivity index (χ2v) is 5.44. The first-order valence-electron chi connectivity index (χ1n) is 7.00. The van der Waals surface area contributed by atoms with Crippen molar-refractivity contribution in [2.45, 2.75) is 0 Å². The highest BCUT2D eigenvalue weighted by Gasteiger charge is 2.35. The van der Waals surface area contributed by atoms with Crippen LogP contribution in [0.2, 0.25) is 5.02 Å². The first-order valence-corrected chi connectivity index (χ1v) is 7.37. The quantitative estimate of drug-likeness (QED) is 0.662. The number of anilines is 1. The topological polar surface area (TPSA) is 78.9 Å². The van der Waals surface area contributed by atoms with Crippen molar-refractivity contribution in [1.82, 2.24) is 5.32 Å². The maximum Gasteiger partial charge on any atom is 0.333 e. The molecule has 24 heavy (non-hydrogen) atoms. The maximum absolute atomic E-state index is 12.5. The van der Waals surface area contributed by atoms with Gasteiger partial charge in [0.1, 0.15) is 5.70 Å². The lowest BCUT2D eigenvalue weighted by Gasteiger charge is -2.11. The molecule has 1 aliphatic heterocycles. The third-order valence-electron chi connectivity index (χ3n) is 3.51. The van der Waals surface area contributed by atoms with Crippen LogP contribution in [0.1, 0.15) is 5.56 Å². The maximum atomic E-state index is 12.5. The number of hydrogen-bond acceptors (Lipinski definition) is 4. The number of carbonyl (C=O) groups excluding carboxylic acids is 2. The number of halogens is 1. The fraction of sp³-hybridized carbons (Fsp3) is 0.0588. The molecule has 0 unspecified atom stereocenters. The van der Waals surface area contributed by atoms with Gasteiger partial charge in [-0.3, -0.25) is 4.79 Å². The Morgan fingerprint density at radius 1 is 1.17 bits per heavy atom. The molecule has 0 bridgehead atoms. The highest BCUT2D eigenvalue weighted by atomic mass is 35.5. The summed E-state index contributed by atoms with van der Waals surface area (Å²) >= 11 is 5.82. The molecule has 2 aromatic rings. The van der Waals surface area contributed by atoms with E-state index in [-0.39, 0.29) is 17.2 Å². The number of hydrogen-bond donors (Lipinski definition) is 2. The van der Waals surface area contributed by atoms with Gasteiger partial charge in [-0.1, -0.05) is 23.7 Å². The molecule has 0 atom stereocenters. The number of amides is 3. The number of benzene rings is 2. The third kappa shape index (κ3) is 2.79. The van der Waals surface area contributed by atoms with Crippen molar-refractivity contribution in [3.63, 3.8) is 0 Å². The highest BCUT2D eigenvalue weighted by molar-refractivity contribution is 6.31. The second kappa shape index (κ2) is 6.25. The van der Waals surface area contributed by atoms with Gasteiger partial charge in [-0.15, -0.1) is 0 Å². The van der Waals surface area contributed by atoms with Crippen LogP contribution in [0, 0.1) is 0 Å². The van der Waals surface area contributed by atoms with E-state index in [9.17, 15) is 14.7 Å². The zero-order chi connectivity index (χ0) is 17.3. The van der Waals surface area contributed by atoms with Crippen LogP contribution in [0.25, 0.3) is 6.08 Å². The Hall–Kier alpha value is -2.99. The number of carbonyl (C=O) groups is 2. The van der Waals surface area contributed by atoms with E-state index < -0.39 is 11.9 Å². The Kier molecular flexibility index (Phi) is 4.14. The van der Waals surface area contributed by atoms with Crippen molar-refractivity contribution in [3.8, 4) is 11.5 Å². The van der Waals surface area contributed by atoms with Gasteiger partial charge in [0.05, 0.1) is 12.8 Å². The van der Waals surface area contributed by atoms with Crippen molar-refractivity contribution in [1.29, 1.82) is 0 Å². The highest BCUT2D eigenvalue weighted by Crippen LogP contribution is 2.32. The Labute approximate surface area is 142 Å². The van der Waals surface area contributed by atoms with E-state index in [4.69, 9.17) is 16.3 Å². The van der Waals surface area contributed by atoms with Crippen LogP contribution in [-0.2, 0) is 4.79 Å². The Bertz CT molecular complexity index is 846. The standard InChI is InChI=1S/C17H13ClN2O4/c1-24-14-4-2-3-10(15(14)21)9-13-16(22)20(17(23)19-13)12-7-5-11(18)6-8-12/h2-9,21H,1H3,(H,19,23)/b13-9-. The van der Waals surface area contributed by atoms with Gasteiger partial charge in [0.15, 0.2) is 11.5 Å². The summed E-state index contributed by atoms with van der Waals surface area (Å²) in [6.45, 7) is 0. The summed E-state index contributed by atoms with van der Waals surface area (Å²) in [4.78, 5) is 25.6. The Morgan fingerprint density at radius 2 is 1.88 bits per heavy atom. The molecule has 0 aromatic heterocycles. The lowest BCUT2D eigenvalue weighted by atomic mass is 10.1. The van der Waals surface area contributed by atoms with Gasteiger partial charge in [0, 0.05) is 10.6 Å². The van der Waals surface area contributed by atoms with E-state index >= 15 is 0 Å². The van der Waals surface area contributed by atoms with Crippen LogP contribution in [0.15, 0.2) is 48.2 Å². The molecule has 0 saturated carbocycles. The third-order valence-corrected chi connectivity index (χ3v) is 3.76. The number of phenols is 1. The van der Waals surface area contributed by atoms with Gasteiger partial charge in [-0.25, -0.2) is 9.69 Å². The minimum Gasteiger partial charge on any atom is -0.504 e. The van der Waals surface area contributed by atoms with Crippen molar-refractivity contribution >= 4 is 35.3 Å². The number of aromatic hydroxyl groups is 1. The summed E-state index contributed by atoms with van der Waals surface area (Å²) in [5, 5.41) is 13.1. The number of rotatable bonds is 3. The average molecular weight is 345 g/mol. The van der Waals surface area contributed by atoms with E-state index in [0.717, 1.165) is 4.90 Å². The monoisotopic (exact) mass is 344 g/mol. The number of nitrogens with zero attached hydrogens (tertiary/aromatic N) is 1. The Balaban J connectivity index is 1.95. The molecule has 0 aliphatic carbocycles. The minimum atomic E-state index is -0.573. The normalized spacial score (nSPS) is 15.8. The Morgan fingerprint density at radius 3 is 2.54 bits per heavy atom. The largest absolute Gasteiger partial charge is 0.504 e. The molecular formula is C17H13ClN2O4. The predicted molar refractivity (Wildman–Crippen MR) is 90.1 cm³/mol. The molecular weight excluding hydrogens is 332 g/mol. The van der Waals surface area contributed by atoms with Gasteiger partial charge >= 0.3 is 6.03 Å². The van der Waals surface area contributed by atoms with Gasteiger partial charge in [0.2, 0.25) is 0 Å². The van der Waals surface area contributed by atoms with Gasteiger partial charge in [-0.05, 0) is 36.4 Å². The summed E-state index contributed by atoms with van der Waals surface area (Å²) in [7, 11) is 1.43. The van der Waals surface area contributed by atoms with Crippen LogP contribution in [0.3, 0.4) is 0 Å². The number of ether oxygens (including phenoxy) is 1. The summed E-state index contributed by atoms with van der Waals surface area (Å²) in [5.41, 5.74) is 0.814. The molecule has 1 aliphatic rings. The summed E-state index contributed by atoms with van der Waals surface area (Å²) in [6, 6.07) is 10.6. The fourth-order valence-electron chi connectivity index (χ4n) is 2.34. The van der Waals surface area contributed by atoms with Crippen molar-refractivity contribution in [3.05, 3.63) is 58.7 Å². The molecule has 1 saturated heterocycles. The molecule has 7 heteroatoms. The molecule has 122 valence electrons. The van der Waals surface area contributed by atoms with Crippen LogP contribution in [0.4, 0.5) is 10.5 Å². The van der Waals surface area contributed by atoms with Gasteiger partial charge in [-0.2, -0.15) is 0 Å². The number of nitrogens with one attached hydrogen (secondary N) is 1. The number of para-hydroxylation sites is 1. The van der Waals surface area contributed by atoms with Crippen LogP contribution < -0.4 is 15.0 Å². The molecule has 3 rings (SSSR count). The molecule has 6 nitrogen and oxygen atoms in total.